The fourth-order valence-electron chi connectivity index (χ4n) is 3.23. The van der Waals surface area contributed by atoms with Crippen molar-refractivity contribution < 1.29 is 22.3 Å². The number of ether oxygens (including phenoxy) is 2. The van der Waals surface area contributed by atoms with Gasteiger partial charge in [-0.2, -0.15) is 5.10 Å². The zero-order chi connectivity index (χ0) is 22.2. The Labute approximate surface area is 177 Å². The normalized spacial score (nSPS) is 11.5. The quantitative estimate of drug-likeness (QED) is 0.418. The van der Waals surface area contributed by atoms with Crippen LogP contribution in [0.2, 0.25) is 0 Å². The average molecular weight is 442 g/mol. The first-order valence-corrected chi connectivity index (χ1v) is 10.6. The van der Waals surface area contributed by atoms with Gasteiger partial charge in [0, 0.05) is 11.8 Å². The highest BCUT2D eigenvalue weighted by atomic mass is 32.2. The molecule has 0 fully saturated rings. The number of nitrogens with zero attached hydrogens (tertiary/aromatic N) is 1. The Morgan fingerprint density at radius 1 is 1.00 bits per heavy atom. The van der Waals surface area contributed by atoms with Crippen LogP contribution in [0.5, 0.6) is 11.5 Å². The Morgan fingerprint density at radius 2 is 1.74 bits per heavy atom. The molecule has 4 aromatic rings. The van der Waals surface area contributed by atoms with Gasteiger partial charge in [-0.05, 0) is 47.5 Å². The first-order chi connectivity index (χ1) is 14.8. The number of anilines is 2. The summed E-state index contributed by atoms with van der Waals surface area (Å²) in [5.41, 5.74) is 8.50. The standard InChI is InChI=1S/C21H19FN4O4S/c1-29-15-7-8-16(22)19(11-15)31(27,28)26-14-5-3-12(4-6-14)13-9-17-20(18(10-13)30-2)21(23)25-24-17/h3-11,26H,1-2H3,(H3,23,24,25). The Kier molecular flexibility index (Phi) is 5.15. The van der Waals surface area contributed by atoms with Crippen LogP contribution in [0.15, 0.2) is 59.5 Å². The molecule has 1 heterocycles. The second-order valence-corrected chi connectivity index (χ2v) is 8.34. The fraction of sp³-hybridized carbons (Fsp3) is 0.0952. The summed E-state index contributed by atoms with van der Waals surface area (Å²) < 4.78 is 52.1. The van der Waals surface area contributed by atoms with E-state index in [2.05, 4.69) is 14.9 Å². The largest absolute Gasteiger partial charge is 0.497 e. The van der Waals surface area contributed by atoms with Crippen LogP contribution in [-0.2, 0) is 10.0 Å². The topological polar surface area (TPSA) is 119 Å². The first-order valence-electron chi connectivity index (χ1n) is 9.11. The van der Waals surface area contributed by atoms with E-state index in [1.54, 1.807) is 31.4 Å². The summed E-state index contributed by atoms with van der Waals surface area (Å²) in [4.78, 5) is -0.497. The van der Waals surface area contributed by atoms with E-state index < -0.39 is 20.7 Å². The maximum atomic E-state index is 14.1. The highest BCUT2D eigenvalue weighted by Crippen LogP contribution is 2.35. The molecule has 3 aromatic carbocycles. The maximum Gasteiger partial charge on any atom is 0.264 e. The van der Waals surface area contributed by atoms with Gasteiger partial charge in [-0.1, -0.05) is 12.1 Å². The minimum Gasteiger partial charge on any atom is -0.497 e. The predicted molar refractivity (Wildman–Crippen MR) is 116 cm³/mol. The highest BCUT2D eigenvalue weighted by molar-refractivity contribution is 7.92. The number of H-pyrrole nitrogens is 1. The molecule has 0 aliphatic heterocycles. The molecule has 0 amide bonds. The monoisotopic (exact) mass is 442 g/mol. The lowest BCUT2D eigenvalue weighted by Crippen LogP contribution is -2.14. The molecule has 0 radical (unpaired) electrons. The summed E-state index contributed by atoms with van der Waals surface area (Å²) in [6, 6.07) is 13.9. The SMILES string of the molecule is COc1ccc(F)c(S(=O)(=O)Nc2ccc(-c3cc(OC)c4c(N)n[nH]c4c3)cc2)c1. The predicted octanol–water partition coefficient (Wildman–Crippen LogP) is 3.77. The van der Waals surface area contributed by atoms with Crippen molar-refractivity contribution in [1.29, 1.82) is 0 Å². The number of sulfonamides is 1. The number of benzene rings is 3. The van der Waals surface area contributed by atoms with Crippen molar-refractivity contribution in [1.82, 2.24) is 10.2 Å². The van der Waals surface area contributed by atoms with Gasteiger partial charge in [0.25, 0.3) is 10.0 Å². The Balaban J connectivity index is 1.64. The van der Waals surface area contributed by atoms with Crippen LogP contribution in [0.3, 0.4) is 0 Å². The van der Waals surface area contributed by atoms with E-state index in [4.69, 9.17) is 15.2 Å². The molecule has 0 atom stereocenters. The van der Waals surface area contributed by atoms with Crippen molar-refractivity contribution in [3.05, 3.63) is 60.4 Å². The molecule has 10 heteroatoms. The minimum atomic E-state index is -4.14. The molecule has 0 saturated heterocycles. The number of methoxy groups -OCH3 is 2. The summed E-state index contributed by atoms with van der Waals surface area (Å²) in [6.45, 7) is 0. The third-order valence-electron chi connectivity index (χ3n) is 4.77. The van der Waals surface area contributed by atoms with Crippen molar-refractivity contribution in [2.24, 2.45) is 0 Å². The highest BCUT2D eigenvalue weighted by Gasteiger charge is 2.20. The van der Waals surface area contributed by atoms with Gasteiger partial charge in [-0.25, -0.2) is 12.8 Å². The van der Waals surface area contributed by atoms with E-state index in [-0.39, 0.29) is 11.4 Å². The number of hydrogen-bond donors (Lipinski definition) is 3. The zero-order valence-corrected chi connectivity index (χ0v) is 17.5. The van der Waals surface area contributed by atoms with Gasteiger partial charge < -0.3 is 15.2 Å². The summed E-state index contributed by atoms with van der Waals surface area (Å²) in [5, 5.41) is 7.54. The second kappa shape index (κ2) is 7.80. The van der Waals surface area contributed by atoms with Gasteiger partial charge in [-0.3, -0.25) is 9.82 Å². The number of aromatic amines is 1. The molecule has 0 saturated carbocycles. The third kappa shape index (κ3) is 3.84. The van der Waals surface area contributed by atoms with Gasteiger partial charge in [0.15, 0.2) is 5.82 Å². The van der Waals surface area contributed by atoms with Crippen molar-refractivity contribution in [2.75, 3.05) is 24.7 Å². The van der Waals surface area contributed by atoms with Crippen LogP contribution in [0.25, 0.3) is 22.0 Å². The van der Waals surface area contributed by atoms with Gasteiger partial charge in [-0.15, -0.1) is 0 Å². The van der Waals surface area contributed by atoms with Crippen molar-refractivity contribution >= 4 is 32.4 Å². The molecule has 0 aliphatic rings. The first kappa shape index (κ1) is 20.5. The van der Waals surface area contributed by atoms with E-state index in [9.17, 15) is 12.8 Å². The Bertz CT molecular complexity index is 1370. The van der Waals surface area contributed by atoms with E-state index in [0.29, 0.717) is 22.5 Å². The van der Waals surface area contributed by atoms with Crippen LogP contribution in [-0.4, -0.2) is 32.8 Å². The molecular formula is C21H19FN4O4S. The van der Waals surface area contributed by atoms with Gasteiger partial charge in [0.05, 0.1) is 25.1 Å². The van der Waals surface area contributed by atoms with E-state index in [1.165, 1.54) is 13.2 Å². The van der Waals surface area contributed by atoms with Gasteiger partial charge in [0.2, 0.25) is 0 Å². The van der Waals surface area contributed by atoms with Crippen LogP contribution < -0.4 is 19.9 Å². The second-order valence-electron chi connectivity index (χ2n) is 6.69. The summed E-state index contributed by atoms with van der Waals surface area (Å²) in [7, 11) is -1.23. The minimum absolute atomic E-state index is 0.237. The Morgan fingerprint density at radius 3 is 2.42 bits per heavy atom. The van der Waals surface area contributed by atoms with E-state index in [0.717, 1.165) is 23.3 Å². The molecular weight excluding hydrogens is 423 g/mol. The number of fused-ring (bicyclic) bond motifs is 1. The maximum absolute atomic E-state index is 14.1. The van der Waals surface area contributed by atoms with Crippen molar-refractivity contribution in [2.45, 2.75) is 4.90 Å². The van der Waals surface area contributed by atoms with Crippen LogP contribution in [0.4, 0.5) is 15.9 Å². The smallest absolute Gasteiger partial charge is 0.264 e. The number of nitrogens with two attached hydrogens (primary N) is 1. The number of rotatable bonds is 6. The molecule has 160 valence electrons. The zero-order valence-electron chi connectivity index (χ0n) is 16.6. The molecule has 0 bridgehead atoms. The summed E-state index contributed by atoms with van der Waals surface area (Å²) in [6.07, 6.45) is 0. The lowest BCUT2D eigenvalue weighted by atomic mass is 10.0. The molecule has 1 aromatic heterocycles. The van der Waals surface area contributed by atoms with Crippen molar-refractivity contribution in [3.63, 3.8) is 0 Å². The molecule has 4 rings (SSSR count). The number of aromatic nitrogens is 2. The number of nitrogens with one attached hydrogen (secondary N) is 2. The number of nitrogen functional groups attached to an aromatic ring is 1. The van der Waals surface area contributed by atoms with Gasteiger partial charge in [0.1, 0.15) is 22.2 Å². The van der Waals surface area contributed by atoms with Crippen molar-refractivity contribution in [3.8, 4) is 22.6 Å². The third-order valence-corrected chi connectivity index (χ3v) is 6.17. The molecule has 0 spiro atoms. The fourth-order valence-corrected chi connectivity index (χ4v) is 4.38. The molecule has 8 nitrogen and oxygen atoms in total. The van der Waals surface area contributed by atoms with E-state index in [1.807, 2.05) is 12.1 Å². The summed E-state index contributed by atoms with van der Waals surface area (Å²) in [5.74, 6) is 0.273. The lowest BCUT2D eigenvalue weighted by Gasteiger charge is -2.11. The molecule has 4 N–H and O–H groups in total. The van der Waals surface area contributed by atoms with Crippen LogP contribution in [0.1, 0.15) is 0 Å². The summed E-state index contributed by atoms with van der Waals surface area (Å²) >= 11 is 0. The Hall–Kier alpha value is -3.79. The molecule has 31 heavy (non-hydrogen) atoms. The van der Waals surface area contributed by atoms with Crippen LogP contribution in [0, 0.1) is 5.82 Å². The van der Waals surface area contributed by atoms with E-state index >= 15 is 0 Å². The number of hydrogen-bond acceptors (Lipinski definition) is 6. The molecule has 0 aliphatic carbocycles. The molecule has 0 unspecified atom stereocenters. The average Bonchev–Trinajstić information content (AvgIpc) is 3.14. The lowest BCUT2D eigenvalue weighted by molar-refractivity contribution is 0.411. The van der Waals surface area contributed by atoms with Gasteiger partial charge >= 0.3 is 0 Å². The number of halogens is 1. The van der Waals surface area contributed by atoms with Crippen LogP contribution >= 0.6 is 0 Å².